The molecule has 0 aliphatic carbocycles. The molecule has 0 fully saturated rings. The van der Waals surface area contributed by atoms with Crippen molar-refractivity contribution in [2.45, 2.75) is 12.5 Å². The highest BCUT2D eigenvalue weighted by atomic mass is 79.9. The first-order chi connectivity index (χ1) is 9.15. The maximum absolute atomic E-state index is 5.62. The van der Waals surface area contributed by atoms with Gasteiger partial charge in [-0.3, -0.25) is 11.3 Å². The number of rotatable bonds is 5. The number of hydrogen-bond acceptors (Lipinski definition) is 6. The normalized spacial score (nSPS) is 12.4. The third kappa shape index (κ3) is 3.09. The Bertz CT molecular complexity index is 521. The van der Waals surface area contributed by atoms with Crippen LogP contribution in [-0.2, 0) is 13.5 Å². The van der Waals surface area contributed by atoms with Crippen LogP contribution in [0.1, 0.15) is 17.3 Å². The van der Waals surface area contributed by atoms with E-state index in [2.05, 4.69) is 36.7 Å². The SMILES string of the molecule is COc1ccc(CC(NN)c2c(Br)nnn2C)cn1. The van der Waals surface area contributed by atoms with Gasteiger partial charge in [0, 0.05) is 19.3 Å². The molecule has 1 unspecified atom stereocenters. The molecule has 0 amide bonds. The van der Waals surface area contributed by atoms with Crippen molar-refractivity contribution in [3.05, 3.63) is 34.2 Å². The van der Waals surface area contributed by atoms with Gasteiger partial charge in [0.2, 0.25) is 5.88 Å². The van der Waals surface area contributed by atoms with Gasteiger partial charge in [-0.1, -0.05) is 11.3 Å². The van der Waals surface area contributed by atoms with Crippen LogP contribution in [0.3, 0.4) is 0 Å². The summed E-state index contributed by atoms with van der Waals surface area (Å²) in [6.45, 7) is 0. The molecule has 0 aliphatic rings. The van der Waals surface area contributed by atoms with Crippen LogP contribution in [0.25, 0.3) is 0 Å². The molecule has 102 valence electrons. The summed E-state index contributed by atoms with van der Waals surface area (Å²) in [5, 5.41) is 7.90. The maximum atomic E-state index is 5.62. The zero-order valence-corrected chi connectivity index (χ0v) is 12.3. The van der Waals surface area contributed by atoms with Crippen molar-refractivity contribution in [1.82, 2.24) is 25.4 Å². The topological polar surface area (TPSA) is 90.9 Å². The van der Waals surface area contributed by atoms with Crippen molar-refractivity contribution in [3.63, 3.8) is 0 Å². The number of ether oxygens (including phenoxy) is 1. The van der Waals surface area contributed by atoms with Gasteiger partial charge in [-0.05, 0) is 27.9 Å². The molecule has 0 bridgehead atoms. The van der Waals surface area contributed by atoms with E-state index in [0.29, 0.717) is 16.9 Å². The van der Waals surface area contributed by atoms with Gasteiger partial charge in [-0.2, -0.15) is 0 Å². The molecular weight excluding hydrogens is 312 g/mol. The van der Waals surface area contributed by atoms with Crippen molar-refractivity contribution in [2.75, 3.05) is 7.11 Å². The Morgan fingerprint density at radius 2 is 2.32 bits per heavy atom. The summed E-state index contributed by atoms with van der Waals surface area (Å²) in [7, 11) is 3.41. The van der Waals surface area contributed by atoms with Gasteiger partial charge in [0.1, 0.15) is 0 Å². The minimum absolute atomic E-state index is 0.107. The summed E-state index contributed by atoms with van der Waals surface area (Å²) in [6.07, 6.45) is 2.44. The molecule has 7 nitrogen and oxygen atoms in total. The van der Waals surface area contributed by atoms with Crippen LogP contribution in [0, 0.1) is 0 Å². The molecule has 0 aromatic carbocycles. The van der Waals surface area contributed by atoms with E-state index < -0.39 is 0 Å². The van der Waals surface area contributed by atoms with Gasteiger partial charge in [-0.25, -0.2) is 9.67 Å². The van der Waals surface area contributed by atoms with Crippen LogP contribution >= 0.6 is 15.9 Å². The summed E-state index contributed by atoms with van der Waals surface area (Å²) >= 11 is 3.37. The molecule has 0 radical (unpaired) electrons. The second kappa shape index (κ2) is 6.09. The molecule has 2 rings (SSSR count). The second-order valence-electron chi connectivity index (χ2n) is 4.02. The van der Waals surface area contributed by atoms with Crippen molar-refractivity contribution in [1.29, 1.82) is 0 Å². The Labute approximate surface area is 119 Å². The fourth-order valence-corrected chi connectivity index (χ4v) is 2.44. The van der Waals surface area contributed by atoms with E-state index in [1.54, 1.807) is 18.0 Å². The van der Waals surface area contributed by atoms with E-state index in [0.717, 1.165) is 11.3 Å². The minimum Gasteiger partial charge on any atom is -0.481 e. The minimum atomic E-state index is -0.107. The van der Waals surface area contributed by atoms with Gasteiger partial charge in [0.15, 0.2) is 4.60 Å². The standard InChI is InChI=1S/C11H15BrN6O/c1-18-10(11(12)16-17-18)8(15-13)5-7-3-4-9(19-2)14-6-7/h3-4,6,8,15H,5,13H2,1-2H3. The Kier molecular flexibility index (Phi) is 4.46. The summed E-state index contributed by atoms with van der Waals surface area (Å²) in [6, 6.07) is 3.66. The highest BCUT2D eigenvalue weighted by molar-refractivity contribution is 9.10. The molecule has 0 spiro atoms. The van der Waals surface area contributed by atoms with E-state index in [9.17, 15) is 0 Å². The first-order valence-corrected chi connectivity index (χ1v) is 6.45. The zero-order valence-electron chi connectivity index (χ0n) is 10.7. The lowest BCUT2D eigenvalue weighted by atomic mass is 10.1. The van der Waals surface area contributed by atoms with Crippen molar-refractivity contribution < 1.29 is 4.74 Å². The number of methoxy groups -OCH3 is 1. The fourth-order valence-electron chi connectivity index (χ4n) is 1.83. The molecule has 8 heteroatoms. The molecule has 0 aliphatic heterocycles. The Morgan fingerprint density at radius 3 is 2.79 bits per heavy atom. The molecule has 0 saturated heterocycles. The van der Waals surface area contributed by atoms with Crippen molar-refractivity contribution in [3.8, 4) is 5.88 Å². The average Bonchev–Trinajstić information content (AvgIpc) is 2.76. The number of nitrogens with one attached hydrogen (secondary N) is 1. The van der Waals surface area contributed by atoms with E-state index >= 15 is 0 Å². The molecule has 2 heterocycles. The number of nitrogens with zero attached hydrogens (tertiary/aromatic N) is 4. The van der Waals surface area contributed by atoms with Gasteiger partial charge < -0.3 is 4.74 Å². The summed E-state index contributed by atoms with van der Waals surface area (Å²) in [5.41, 5.74) is 4.70. The Balaban J connectivity index is 2.19. The molecule has 2 aromatic rings. The third-order valence-electron chi connectivity index (χ3n) is 2.80. The highest BCUT2D eigenvalue weighted by Gasteiger charge is 2.19. The summed E-state index contributed by atoms with van der Waals surface area (Å²) in [4.78, 5) is 4.17. The smallest absolute Gasteiger partial charge is 0.212 e. The van der Waals surface area contributed by atoms with Gasteiger partial charge >= 0.3 is 0 Å². The molecule has 2 aromatic heterocycles. The fraction of sp³-hybridized carbons (Fsp3) is 0.364. The largest absolute Gasteiger partial charge is 0.481 e. The predicted molar refractivity (Wildman–Crippen MR) is 73.3 cm³/mol. The van der Waals surface area contributed by atoms with Crippen LogP contribution in [-0.4, -0.2) is 27.1 Å². The van der Waals surface area contributed by atoms with E-state index in [4.69, 9.17) is 10.6 Å². The van der Waals surface area contributed by atoms with Crippen LogP contribution in [0.2, 0.25) is 0 Å². The van der Waals surface area contributed by atoms with Crippen LogP contribution in [0.4, 0.5) is 0 Å². The monoisotopic (exact) mass is 326 g/mol. The van der Waals surface area contributed by atoms with Crippen molar-refractivity contribution in [2.24, 2.45) is 12.9 Å². The lowest BCUT2D eigenvalue weighted by Crippen LogP contribution is -2.31. The number of hydrogen-bond donors (Lipinski definition) is 2. The quantitative estimate of drug-likeness (QED) is 0.621. The van der Waals surface area contributed by atoms with Crippen molar-refractivity contribution >= 4 is 15.9 Å². The third-order valence-corrected chi connectivity index (χ3v) is 3.37. The highest BCUT2D eigenvalue weighted by Crippen LogP contribution is 2.23. The first kappa shape index (κ1) is 13.9. The molecule has 19 heavy (non-hydrogen) atoms. The second-order valence-corrected chi connectivity index (χ2v) is 4.77. The van der Waals surface area contributed by atoms with Crippen LogP contribution in [0.5, 0.6) is 5.88 Å². The molecular formula is C11H15BrN6O. The number of nitrogens with two attached hydrogens (primary N) is 1. The maximum Gasteiger partial charge on any atom is 0.212 e. The predicted octanol–water partition coefficient (Wildman–Crippen LogP) is 0.728. The Hall–Kier alpha value is -1.51. The number of aromatic nitrogens is 4. The number of halogens is 1. The first-order valence-electron chi connectivity index (χ1n) is 5.65. The molecule has 0 saturated carbocycles. The zero-order chi connectivity index (χ0) is 13.8. The van der Waals surface area contributed by atoms with Gasteiger partial charge in [0.25, 0.3) is 0 Å². The summed E-state index contributed by atoms with van der Waals surface area (Å²) in [5.74, 6) is 6.21. The van der Waals surface area contributed by atoms with Crippen LogP contribution in [0.15, 0.2) is 22.9 Å². The Morgan fingerprint density at radius 1 is 1.53 bits per heavy atom. The van der Waals surface area contributed by atoms with E-state index in [-0.39, 0.29) is 6.04 Å². The lowest BCUT2D eigenvalue weighted by Gasteiger charge is -2.16. The number of pyridine rings is 1. The van der Waals surface area contributed by atoms with E-state index in [1.807, 2.05) is 19.2 Å². The molecule has 3 N–H and O–H groups in total. The number of aryl methyl sites for hydroxylation is 1. The average molecular weight is 327 g/mol. The van der Waals surface area contributed by atoms with E-state index in [1.165, 1.54) is 0 Å². The molecule has 1 atom stereocenters. The number of hydrazine groups is 1. The summed E-state index contributed by atoms with van der Waals surface area (Å²) < 4.78 is 7.39. The van der Waals surface area contributed by atoms with Crippen LogP contribution < -0.4 is 16.0 Å². The van der Waals surface area contributed by atoms with Gasteiger partial charge in [0.05, 0.1) is 18.8 Å². The van der Waals surface area contributed by atoms with Gasteiger partial charge in [-0.15, -0.1) is 5.10 Å². The lowest BCUT2D eigenvalue weighted by molar-refractivity contribution is 0.397.